The van der Waals surface area contributed by atoms with Gasteiger partial charge in [0.2, 0.25) is 0 Å². The van der Waals surface area contributed by atoms with E-state index in [4.69, 9.17) is 14.5 Å². The van der Waals surface area contributed by atoms with Crippen molar-refractivity contribution in [1.29, 1.82) is 0 Å². The number of fused-ring (bicyclic) bond motifs is 1. The van der Waals surface area contributed by atoms with Crippen LogP contribution >= 0.6 is 0 Å². The zero-order chi connectivity index (χ0) is 25.5. The molecule has 0 radical (unpaired) electrons. The number of ether oxygens (including phenoxy) is 2. The van der Waals surface area contributed by atoms with E-state index in [9.17, 15) is 4.79 Å². The monoisotopic (exact) mass is 485 g/mol. The van der Waals surface area contributed by atoms with E-state index in [1.807, 2.05) is 62.4 Å². The van der Waals surface area contributed by atoms with Gasteiger partial charge in [-0.25, -0.2) is 4.98 Å². The van der Waals surface area contributed by atoms with Crippen molar-refractivity contribution in [3.05, 3.63) is 88.7 Å². The van der Waals surface area contributed by atoms with E-state index in [1.54, 1.807) is 0 Å². The van der Waals surface area contributed by atoms with Gasteiger partial charge in [0.25, 0.3) is 5.91 Å². The van der Waals surface area contributed by atoms with E-state index in [-0.39, 0.29) is 12.5 Å². The molecule has 0 saturated carbocycles. The average molecular weight is 486 g/mol. The van der Waals surface area contributed by atoms with E-state index >= 15 is 0 Å². The summed E-state index contributed by atoms with van der Waals surface area (Å²) >= 11 is 0. The molecule has 1 N–H and O–H groups in total. The predicted octanol–water partition coefficient (Wildman–Crippen LogP) is 5.48. The summed E-state index contributed by atoms with van der Waals surface area (Å²) in [4.78, 5) is 17.2. The summed E-state index contributed by atoms with van der Waals surface area (Å²) < 4.78 is 14.0. The fourth-order valence-corrected chi connectivity index (χ4v) is 4.22. The standard InChI is InChI=1S/C30H35N3O3/c1-21-13-14-23(3)28(19-21)36-20-30(34)31-16-15-29-32-25-10-5-6-11-26(25)33(29)17-8-18-35-27-12-7-9-22(2)24(27)4/h5-7,9-14,19H,8,15-18,20H2,1-4H3,(H,31,34). The lowest BCUT2D eigenvalue weighted by Crippen LogP contribution is -2.31. The maximum Gasteiger partial charge on any atom is 0.257 e. The number of nitrogens with one attached hydrogen (secondary N) is 1. The Labute approximate surface area is 213 Å². The Morgan fingerprint density at radius 1 is 0.917 bits per heavy atom. The van der Waals surface area contributed by atoms with Gasteiger partial charge in [-0.2, -0.15) is 0 Å². The van der Waals surface area contributed by atoms with E-state index in [1.165, 1.54) is 11.1 Å². The van der Waals surface area contributed by atoms with E-state index in [0.29, 0.717) is 19.6 Å². The van der Waals surface area contributed by atoms with Crippen LogP contribution in [0.1, 0.15) is 34.5 Å². The van der Waals surface area contributed by atoms with Crippen molar-refractivity contribution < 1.29 is 14.3 Å². The fraction of sp³-hybridized carbons (Fsp3) is 0.333. The smallest absolute Gasteiger partial charge is 0.257 e. The fourth-order valence-electron chi connectivity index (χ4n) is 4.22. The molecule has 0 spiro atoms. The average Bonchev–Trinajstić information content (AvgIpc) is 3.22. The van der Waals surface area contributed by atoms with Crippen LogP contribution in [0.2, 0.25) is 0 Å². The number of rotatable bonds is 11. The summed E-state index contributed by atoms with van der Waals surface area (Å²) in [7, 11) is 0. The molecular weight excluding hydrogens is 450 g/mol. The highest BCUT2D eigenvalue weighted by Gasteiger charge is 2.12. The van der Waals surface area contributed by atoms with Crippen LogP contribution in [0.4, 0.5) is 0 Å². The van der Waals surface area contributed by atoms with Crippen molar-refractivity contribution in [3.63, 3.8) is 0 Å². The number of benzene rings is 3. The quantitative estimate of drug-likeness (QED) is 0.286. The van der Waals surface area contributed by atoms with Crippen LogP contribution in [-0.4, -0.2) is 35.2 Å². The van der Waals surface area contributed by atoms with Crippen LogP contribution in [0.3, 0.4) is 0 Å². The predicted molar refractivity (Wildman–Crippen MR) is 144 cm³/mol. The Morgan fingerprint density at radius 3 is 2.61 bits per heavy atom. The minimum atomic E-state index is -0.138. The second kappa shape index (κ2) is 11.8. The van der Waals surface area contributed by atoms with Gasteiger partial charge in [0.05, 0.1) is 17.6 Å². The van der Waals surface area contributed by atoms with Crippen LogP contribution in [0.15, 0.2) is 60.7 Å². The Morgan fingerprint density at radius 2 is 1.75 bits per heavy atom. The van der Waals surface area contributed by atoms with Gasteiger partial charge in [-0.05, 0) is 80.6 Å². The molecule has 188 valence electrons. The molecule has 0 bridgehead atoms. The molecule has 6 nitrogen and oxygen atoms in total. The molecule has 1 amide bonds. The number of hydrogen-bond donors (Lipinski definition) is 1. The maximum atomic E-state index is 12.4. The van der Waals surface area contributed by atoms with E-state index in [2.05, 4.69) is 35.9 Å². The van der Waals surface area contributed by atoms with Gasteiger partial charge in [-0.3, -0.25) is 4.79 Å². The third kappa shape index (κ3) is 6.25. The van der Waals surface area contributed by atoms with Gasteiger partial charge in [-0.1, -0.05) is 36.4 Å². The number of nitrogens with zero attached hydrogens (tertiary/aromatic N) is 2. The first kappa shape index (κ1) is 25.3. The van der Waals surface area contributed by atoms with Gasteiger partial charge in [0.15, 0.2) is 6.61 Å². The summed E-state index contributed by atoms with van der Waals surface area (Å²) in [5.41, 5.74) is 6.61. The van der Waals surface area contributed by atoms with Crippen molar-refractivity contribution in [2.24, 2.45) is 0 Å². The van der Waals surface area contributed by atoms with Gasteiger partial charge in [0.1, 0.15) is 17.3 Å². The van der Waals surface area contributed by atoms with Crippen LogP contribution in [0.5, 0.6) is 11.5 Å². The van der Waals surface area contributed by atoms with Crippen molar-refractivity contribution in [2.75, 3.05) is 19.8 Å². The van der Waals surface area contributed by atoms with Gasteiger partial charge in [0, 0.05) is 19.5 Å². The molecule has 0 aliphatic rings. The number of carbonyl (C=O) groups is 1. The number of aryl methyl sites for hydroxylation is 4. The number of imidazole rings is 1. The first-order chi connectivity index (χ1) is 17.4. The number of amides is 1. The summed E-state index contributed by atoms with van der Waals surface area (Å²) in [6, 6.07) is 20.3. The lowest BCUT2D eigenvalue weighted by atomic mass is 10.1. The van der Waals surface area contributed by atoms with Crippen LogP contribution in [-0.2, 0) is 17.8 Å². The number of hydrogen-bond acceptors (Lipinski definition) is 4. The Balaban J connectivity index is 1.32. The second-order valence-corrected chi connectivity index (χ2v) is 9.23. The Kier molecular flexibility index (Phi) is 8.26. The molecule has 4 aromatic rings. The molecule has 0 atom stereocenters. The second-order valence-electron chi connectivity index (χ2n) is 9.23. The molecule has 6 heteroatoms. The topological polar surface area (TPSA) is 65.4 Å². The molecule has 0 saturated heterocycles. The molecule has 0 unspecified atom stereocenters. The number of para-hydroxylation sites is 2. The largest absolute Gasteiger partial charge is 0.493 e. The maximum absolute atomic E-state index is 12.4. The summed E-state index contributed by atoms with van der Waals surface area (Å²) in [5, 5.41) is 2.97. The zero-order valence-corrected chi connectivity index (χ0v) is 21.6. The lowest BCUT2D eigenvalue weighted by Gasteiger charge is -2.13. The SMILES string of the molecule is Cc1ccc(C)c(OCC(=O)NCCc2nc3ccccc3n2CCCOc2cccc(C)c2C)c1. The normalized spacial score (nSPS) is 11.0. The highest BCUT2D eigenvalue weighted by atomic mass is 16.5. The first-order valence-corrected chi connectivity index (χ1v) is 12.5. The molecule has 3 aromatic carbocycles. The van der Waals surface area contributed by atoms with Crippen molar-refractivity contribution >= 4 is 16.9 Å². The van der Waals surface area contributed by atoms with Crippen LogP contribution in [0.25, 0.3) is 11.0 Å². The summed E-state index contributed by atoms with van der Waals surface area (Å²) in [5.74, 6) is 2.51. The number of aromatic nitrogens is 2. The molecule has 36 heavy (non-hydrogen) atoms. The molecule has 0 aliphatic carbocycles. The first-order valence-electron chi connectivity index (χ1n) is 12.5. The zero-order valence-electron chi connectivity index (χ0n) is 21.6. The number of carbonyl (C=O) groups excluding carboxylic acids is 1. The molecular formula is C30H35N3O3. The lowest BCUT2D eigenvalue weighted by molar-refractivity contribution is -0.123. The Bertz CT molecular complexity index is 1340. The third-order valence-electron chi connectivity index (χ3n) is 6.45. The highest BCUT2D eigenvalue weighted by Crippen LogP contribution is 2.22. The van der Waals surface area contributed by atoms with Gasteiger partial charge in [-0.15, -0.1) is 0 Å². The molecule has 1 heterocycles. The minimum Gasteiger partial charge on any atom is -0.493 e. The minimum absolute atomic E-state index is 0.00355. The van der Waals surface area contributed by atoms with E-state index in [0.717, 1.165) is 52.4 Å². The van der Waals surface area contributed by atoms with Crippen molar-refractivity contribution in [2.45, 2.75) is 47.1 Å². The highest BCUT2D eigenvalue weighted by molar-refractivity contribution is 5.78. The summed E-state index contributed by atoms with van der Waals surface area (Å²) in [6.45, 7) is 10.1. The Hall–Kier alpha value is -3.80. The molecule has 4 rings (SSSR count). The van der Waals surface area contributed by atoms with E-state index < -0.39 is 0 Å². The van der Waals surface area contributed by atoms with Crippen LogP contribution < -0.4 is 14.8 Å². The molecule has 1 aromatic heterocycles. The summed E-state index contributed by atoms with van der Waals surface area (Å²) in [6.07, 6.45) is 1.50. The van der Waals surface area contributed by atoms with Crippen molar-refractivity contribution in [1.82, 2.24) is 14.9 Å². The third-order valence-corrected chi connectivity index (χ3v) is 6.45. The van der Waals surface area contributed by atoms with Gasteiger partial charge >= 0.3 is 0 Å². The molecule has 0 aliphatic heterocycles. The van der Waals surface area contributed by atoms with Crippen molar-refractivity contribution in [3.8, 4) is 11.5 Å². The van der Waals surface area contributed by atoms with Crippen LogP contribution in [0, 0.1) is 27.7 Å². The molecule has 0 fully saturated rings. The van der Waals surface area contributed by atoms with Gasteiger partial charge < -0.3 is 19.4 Å².